The quantitative estimate of drug-likeness (QED) is 0.397. The van der Waals surface area contributed by atoms with Crippen molar-refractivity contribution in [2.75, 3.05) is 11.9 Å². The topological polar surface area (TPSA) is 79.6 Å². The van der Waals surface area contributed by atoms with Crippen molar-refractivity contribution in [3.63, 3.8) is 0 Å². The summed E-state index contributed by atoms with van der Waals surface area (Å²) in [6.07, 6.45) is 1.51. The van der Waals surface area contributed by atoms with Crippen molar-refractivity contribution in [2.45, 2.75) is 23.8 Å². The van der Waals surface area contributed by atoms with Gasteiger partial charge in [-0.05, 0) is 85.3 Å². The molecule has 4 rings (SSSR count). The standard InChI is InChI=1S/C24H19ClN2O4S2/c1-14-9-15(2)11-17(10-14)26-21(28)13-27-23(29)20(33-24(27)30)12-18-5-8-22(31-18)32-19-6-3-16(25)4-7-19/h3-12H,13H2,1-2H3,(H,26,28)/b20-12-. The summed E-state index contributed by atoms with van der Waals surface area (Å²) in [6.45, 7) is 3.50. The van der Waals surface area contributed by atoms with Gasteiger partial charge in [0, 0.05) is 21.7 Å². The van der Waals surface area contributed by atoms with E-state index in [1.807, 2.05) is 44.2 Å². The Balaban J connectivity index is 1.40. The van der Waals surface area contributed by atoms with Crippen molar-refractivity contribution in [2.24, 2.45) is 0 Å². The fraction of sp³-hybridized carbons (Fsp3) is 0.125. The highest BCUT2D eigenvalue weighted by Gasteiger charge is 2.36. The summed E-state index contributed by atoms with van der Waals surface area (Å²) in [4.78, 5) is 39.6. The summed E-state index contributed by atoms with van der Waals surface area (Å²) in [5, 5.41) is 3.53. The molecule has 0 radical (unpaired) electrons. The molecular formula is C24H19ClN2O4S2. The fourth-order valence-corrected chi connectivity index (χ4v) is 4.96. The Hall–Kier alpha value is -2.94. The smallest absolute Gasteiger partial charge is 0.294 e. The number of halogens is 1. The molecule has 168 valence electrons. The number of nitrogens with one attached hydrogen (secondary N) is 1. The first-order valence-electron chi connectivity index (χ1n) is 9.93. The van der Waals surface area contributed by atoms with E-state index in [1.165, 1.54) is 17.8 Å². The molecule has 9 heteroatoms. The third kappa shape index (κ3) is 5.90. The molecule has 0 spiro atoms. The molecule has 0 bridgehead atoms. The van der Waals surface area contributed by atoms with Gasteiger partial charge in [0.25, 0.3) is 11.1 Å². The lowest BCUT2D eigenvalue weighted by atomic mass is 10.1. The number of imide groups is 1. The average molecular weight is 499 g/mol. The number of carbonyl (C=O) groups is 3. The first kappa shape index (κ1) is 23.2. The molecule has 3 amide bonds. The highest BCUT2D eigenvalue weighted by molar-refractivity contribution is 8.18. The predicted octanol–water partition coefficient (Wildman–Crippen LogP) is 6.38. The number of hydrogen-bond donors (Lipinski definition) is 1. The summed E-state index contributed by atoms with van der Waals surface area (Å²) in [5.74, 6) is -0.524. The lowest BCUT2D eigenvalue weighted by Gasteiger charge is -2.13. The molecule has 2 aromatic carbocycles. The molecule has 1 fully saturated rings. The van der Waals surface area contributed by atoms with Gasteiger partial charge in [-0.3, -0.25) is 19.3 Å². The highest BCUT2D eigenvalue weighted by atomic mass is 35.5. The summed E-state index contributed by atoms with van der Waals surface area (Å²) in [5.41, 5.74) is 2.64. The number of thioether (sulfide) groups is 1. The summed E-state index contributed by atoms with van der Waals surface area (Å²) in [6, 6.07) is 16.5. The number of carbonyl (C=O) groups excluding carboxylic acids is 3. The van der Waals surface area contributed by atoms with Crippen LogP contribution in [-0.4, -0.2) is 28.5 Å². The van der Waals surface area contributed by atoms with Gasteiger partial charge in [0.05, 0.1) is 4.91 Å². The molecule has 1 aromatic heterocycles. The van der Waals surface area contributed by atoms with Crippen LogP contribution in [-0.2, 0) is 9.59 Å². The summed E-state index contributed by atoms with van der Waals surface area (Å²) >= 11 is 8.10. The zero-order valence-corrected chi connectivity index (χ0v) is 20.1. The minimum atomic E-state index is -0.524. The Morgan fingerprint density at radius 2 is 1.79 bits per heavy atom. The second-order valence-corrected chi connectivity index (χ2v) is 9.91. The van der Waals surface area contributed by atoms with E-state index in [-0.39, 0.29) is 11.4 Å². The van der Waals surface area contributed by atoms with E-state index < -0.39 is 17.1 Å². The van der Waals surface area contributed by atoms with Crippen LogP contribution in [0.3, 0.4) is 0 Å². The molecule has 1 aliphatic heterocycles. The second kappa shape index (κ2) is 9.91. The third-order valence-corrected chi connectivity index (χ3v) is 6.68. The lowest BCUT2D eigenvalue weighted by molar-refractivity contribution is -0.127. The maximum Gasteiger partial charge on any atom is 0.294 e. The van der Waals surface area contributed by atoms with Crippen LogP contribution in [0.25, 0.3) is 6.08 Å². The molecule has 1 aliphatic rings. The number of amides is 3. The summed E-state index contributed by atoms with van der Waals surface area (Å²) in [7, 11) is 0. The van der Waals surface area contributed by atoms with Crippen molar-refractivity contribution >= 4 is 63.9 Å². The molecular weight excluding hydrogens is 480 g/mol. The Kier molecular flexibility index (Phi) is 6.97. The first-order chi connectivity index (χ1) is 15.8. The Labute approximate surface area is 204 Å². The van der Waals surface area contributed by atoms with Crippen LogP contribution in [0.5, 0.6) is 0 Å². The van der Waals surface area contributed by atoms with E-state index in [0.717, 1.165) is 32.7 Å². The average Bonchev–Trinajstić information content (AvgIpc) is 3.28. The number of hydrogen-bond acceptors (Lipinski definition) is 6. The maximum atomic E-state index is 12.7. The van der Waals surface area contributed by atoms with E-state index >= 15 is 0 Å². The van der Waals surface area contributed by atoms with E-state index in [9.17, 15) is 14.4 Å². The number of benzene rings is 2. The van der Waals surface area contributed by atoms with Gasteiger partial charge in [0.15, 0.2) is 5.09 Å². The van der Waals surface area contributed by atoms with Gasteiger partial charge < -0.3 is 9.73 Å². The van der Waals surface area contributed by atoms with E-state index in [2.05, 4.69) is 5.32 Å². The minimum Gasteiger partial charge on any atom is -0.450 e. The van der Waals surface area contributed by atoms with Gasteiger partial charge in [-0.2, -0.15) is 0 Å². The van der Waals surface area contributed by atoms with Crippen LogP contribution >= 0.6 is 35.1 Å². The number of furan rings is 1. The Morgan fingerprint density at radius 1 is 1.09 bits per heavy atom. The molecule has 1 N–H and O–H groups in total. The van der Waals surface area contributed by atoms with Crippen molar-refractivity contribution < 1.29 is 18.8 Å². The summed E-state index contributed by atoms with van der Waals surface area (Å²) < 4.78 is 5.76. The molecule has 1 saturated heterocycles. The monoisotopic (exact) mass is 498 g/mol. The third-order valence-electron chi connectivity index (χ3n) is 4.59. The zero-order valence-electron chi connectivity index (χ0n) is 17.8. The van der Waals surface area contributed by atoms with Crippen LogP contribution in [0, 0.1) is 13.8 Å². The first-order valence-corrected chi connectivity index (χ1v) is 11.9. The van der Waals surface area contributed by atoms with E-state index in [4.69, 9.17) is 16.0 Å². The zero-order chi connectivity index (χ0) is 23.5. The lowest BCUT2D eigenvalue weighted by Crippen LogP contribution is -2.36. The fourth-order valence-electron chi connectivity index (χ4n) is 3.24. The highest BCUT2D eigenvalue weighted by Crippen LogP contribution is 2.34. The van der Waals surface area contributed by atoms with Gasteiger partial charge in [0.1, 0.15) is 12.3 Å². The van der Waals surface area contributed by atoms with E-state index in [0.29, 0.717) is 21.6 Å². The van der Waals surface area contributed by atoms with Crippen LogP contribution in [0.2, 0.25) is 5.02 Å². The molecule has 3 aromatic rings. The van der Waals surface area contributed by atoms with E-state index in [1.54, 1.807) is 24.3 Å². The largest absolute Gasteiger partial charge is 0.450 e. The molecule has 0 aliphatic carbocycles. The molecule has 6 nitrogen and oxygen atoms in total. The number of anilines is 1. The molecule has 0 atom stereocenters. The molecule has 0 unspecified atom stereocenters. The number of nitrogens with zero attached hydrogens (tertiary/aromatic N) is 1. The van der Waals surface area contributed by atoms with Crippen LogP contribution < -0.4 is 5.32 Å². The van der Waals surface area contributed by atoms with Gasteiger partial charge >= 0.3 is 0 Å². The van der Waals surface area contributed by atoms with Crippen molar-refractivity contribution in [1.29, 1.82) is 0 Å². The number of aryl methyl sites for hydroxylation is 2. The number of rotatable bonds is 6. The minimum absolute atomic E-state index is 0.205. The Morgan fingerprint density at radius 3 is 2.48 bits per heavy atom. The second-order valence-electron chi connectivity index (χ2n) is 7.41. The predicted molar refractivity (Wildman–Crippen MR) is 132 cm³/mol. The normalized spacial score (nSPS) is 14.9. The van der Waals surface area contributed by atoms with Crippen molar-refractivity contribution in [3.05, 3.63) is 81.4 Å². The van der Waals surface area contributed by atoms with Gasteiger partial charge in [-0.1, -0.05) is 29.4 Å². The van der Waals surface area contributed by atoms with Gasteiger partial charge in [0.2, 0.25) is 5.91 Å². The maximum absolute atomic E-state index is 12.7. The van der Waals surface area contributed by atoms with Crippen LogP contribution in [0.4, 0.5) is 10.5 Å². The van der Waals surface area contributed by atoms with Gasteiger partial charge in [-0.25, -0.2) is 0 Å². The van der Waals surface area contributed by atoms with Crippen LogP contribution in [0.1, 0.15) is 16.9 Å². The van der Waals surface area contributed by atoms with Gasteiger partial charge in [-0.15, -0.1) is 0 Å². The van der Waals surface area contributed by atoms with Crippen molar-refractivity contribution in [1.82, 2.24) is 4.90 Å². The SMILES string of the molecule is Cc1cc(C)cc(NC(=O)CN2C(=O)S/C(=C\c3ccc(Sc4ccc(Cl)cc4)o3)C2=O)c1. The van der Waals surface area contributed by atoms with Crippen LogP contribution in [0.15, 0.2) is 73.9 Å². The van der Waals surface area contributed by atoms with Crippen molar-refractivity contribution in [3.8, 4) is 0 Å². The Bertz CT molecular complexity index is 1250. The molecule has 0 saturated carbocycles. The molecule has 33 heavy (non-hydrogen) atoms. The molecule has 2 heterocycles.